The normalized spacial score (nSPS) is 16.8. The van der Waals surface area contributed by atoms with Crippen LogP contribution in [0.4, 0.5) is 5.88 Å². The summed E-state index contributed by atoms with van der Waals surface area (Å²) in [6.45, 7) is 12.3. The lowest BCUT2D eigenvalue weighted by atomic mass is 9.82. The van der Waals surface area contributed by atoms with Gasteiger partial charge in [0.2, 0.25) is 5.88 Å². The molecule has 0 amide bonds. The van der Waals surface area contributed by atoms with E-state index in [0.717, 1.165) is 42.6 Å². The Morgan fingerprint density at radius 3 is 2.41 bits per heavy atom. The molecule has 0 bridgehead atoms. The lowest BCUT2D eigenvalue weighted by Gasteiger charge is -2.37. The molecule has 2 aromatic carbocycles. The van der Waals surface area contributed by atoms with Crippen molar-refractivity contribution in [2.24, 2.45) is 5.41 Å². The van der Waals surface area contributed by atoms with E-state index in [4.69, 9.17) is 4.42 Å². The molecule has 1 saturated heterocycles. The average molecular weight is 457 g/mol. The highest BCUT2D eigenvalue weighted by Gasteiger charge is 2.29. The number of nitrogens with zero attached hydrogens (tertiary/aromatic N) is 2. The van der Waals surface area contributed by atoms with Crippen LogP contribution in [0.25, 0.3) is 21.9 Å². The maximum atomic E-state index is 13.5. The molecule has 0 saturated carbocycles. The molecule has 2 aromatic heterocycles. The molecule has 4 aromatic rings. The Bertz CT molecular complexity index is 1520. The fourth-order valence-electron chi connectivity index (χ4n) is 5.20. The summed E-state index contributed by atoms with van der Waals surface area (Å²) in [4.78, 5) is 28.2. The molecule has 34 heavy (non-hydrogen) atoms. The number of aromatic nitrogens is 1. The second-order valence-electron chi connectivity index (χ2n) is 10.5. The Morgan fingerprint density at radius 2 is 1.68 bits per heavy atom. The number of piperidine rings is 1. The number of fused-ring (bicyclic) bond motifs is 2. The number of rotatable bonds is 3. The van der Waals surface area contributed by atoms with Crippen LogP contribution in [-0.4, -0.2) is 17.7 Å². The van der Waals surface area contributed by atoms with Gasteiger partial charge in [0.15, 0.2) is 10.9 Å². The third-order valence-corrected chi connectivity index (χ3v) is 7.47. The van der Waals surface area contributed by atoms with E-state index in [-0.39, 0.29) is 16.9 Å². The molecule has 3 heterocycles. The highest BCUT2D eigenvalue weighted by atomic mass is 16.4. The molecule has 5 heteroatoms. The van der Waals surface area contributed by atoms with E-state index in [1.807, 2.05) is 50.4 Å². The van der Waals surface area contributed by atoms with Crippen LogP contribution < -0.4 is 15.8 Å². The van der Waals surface area contributed by atoms with Crippen LogP contribution in [0.1, 0.15) is 56.3 Å². The van der Waals surface area contributed by atoms with E-state index in [1.165, 1.54) is 0 Å². The van der Waals surface area contributed by atoms with E-state index in [0.29, 0.717) is 33.2 Å². The van der Waals surface area contributed by atoms with Gasteiger partial charge in [-0.1, -0.05) is 32.0 Å². The molecule has 1 fully saturated rings. The van der Waals surface area contributed by atoms with E-state index in [1.54, 1.807) is 6.07 Å². The number of hydrogen-bond donors (Lipinski definition) is 0. The predicted molar refractivity (Wildman–Crippen MR) is 139 cm³/mol. The Hall–Kier alpha value is -3.34. The Morgan fingerprint density at radius 1 is 0.971 bits per heavy atom. The van der Waals surface area contributed by atoms with Crippen molar-refractivity contribution in [2.45, 2.75) is 53.5 Å². The largest absolute Gasteiger partial charge is 0.440 e. The number of anilines is 1. The van der Waals surface area contributed by atoms with E-state index < -0.39 is 0 Å². The Labute approximate surface area is 199 Å². The summed E-state index contributed by atoms with van der Waals surface area (Å²) >= 11 is 0. The van der Waals surface area contributed by atoms with Gasteiger partial charge < -0.3 is 13.9 Å². The van der Waals surface area contributed by atoms with Gasteiger partial charge in [-0.2, -0.15) is 0 Å². The van der Waals surface area contributed by atoms with Crippen LogP contribution in [0.2, 0.25) is 0 Å². The molecular formula is C29H32N2O3. The summed E-state index contributed by atoms with van der Waals surface area (Å²) in [6.07, 6.45) is 3.97. The van der Waals surface area contributed by atoms with Gasteiger partial charge in [-0.25, -0.2) is 0 Å². The summed E-state index contributed by atoms with van der Waals surface area (Å²) in [6, 6.07) is 13.2. The first-order valence-electron chi connectivity index (χ1n) is 12.1. The molecule has 0 spiro atoms. The van der Waals surface area contributed by atoms with Gasteiger partial charge in [-0.15, -0.1) is 0 Å². The minimum absolute atomic E-state index is 0.00520. The van der Waals surface area contributed by atoms with Crippen molar-refractivity contribution in [3.05, 3.63) is 85.8 Å². The lowest BCUT2D eigenvalue weighted by Crippen LogP contribution is -2.38. The summed E-state index contributed by atoms with van der Waals surface area (Å²) in [7, 11) is 0. The lowest BCUT2D eigenvalue weighted by molar-refractivity contribution is 0.274. The van der Waals surface area contributed by atoms with Crippen LogP contribution in [0.5, 0.6) is 0 Å². The van der Waals surface area contributed by atoms with Gasteiger partial charge >= 0.3 is 0 Å². The highest BCUT2D eigenvalue weighted by Crippen LogP contribution is 2.36. The molecule has 0 aliphatic carbocycles. The molecule has 0 N–H and O–H groups in total. The molecular weight excluding hydrogens is 424 g/mol. The van der Waals surface area contributed by atoms with Gasteiger partial charge in [0.1, 0.15) is 5.58 Å². The molecule has 5 rings (SSSR count). The Kier molecular flexibility index (Phi) is 5.38. The quantitative estimate of drug-likeness (QED) is 0.382. The minimum atomic E-state index is -0.133. The summed E-state index contributed by atoms with van der Waals surface area (Å²) in [5.41, 5.74) is 4.47. The van der Waals surface area contributed by atoms with E-state index >= 15 is 0 Å². The SMILES string of the molecule is Cc1cc([C@H](C)n2ccc(=O)c3ccccc32)c2oc(N3CCC(C)(C)CC3)c(C)c(=O)c2c1. The van der Waals surface area contributed by atoms with Gasteiger partial charge in [0.25, 0.3) is 0 Å². The van der Waals surface area contributed by atoms with Crippen molar-refractivity contribution in [3.63, 3.8) is 0 Å². The van der Waals surface area contributed by atoms with Crippen molar-refractivity contribution < 1.29 is 4.42 Å². The zero-order chi connectivity index (χ0) is 24.2. The number of aryl methyl sites for hydroxylation is 1. The van der Waals surface area contributed by atoms with E-state index in [9.17, 15) is 9.59 Å². The van der Waals surface area contributed by atoms with E-state index in [2.05, 4.69) is 36.3 Å². The Balaban J connectivity index is 1.71. The van der Waals surface area contributed by atoms with Gasteiger partial charge in [-0.3, -0.25) is 9.59 Å². The monoisotopic (exact) mass is 456 g/mol. The maximum absolute atomic E-state index is 13.5. The maximum Gasteiger partial charge on any atom is 0.202 e. The first-order chi connectivity index (χ1) is 16.2. The number of para-hydroxylation sites is 1. The molecule has 176 valence electrons. The molecule has 0 unspecified atom stereocenters. The average Bonchev–Trinajstić information content (AvgIpc) is 2.81. The zero-order valence-electron chi connectivity index (χ0n) is 20.6. The fourth-order valence-corrected chi connectivity index (χ4v) is 5.20. The summed E-state index contributed by atoms with van der Waals surface area (Å²) in [5, 5.41) is 1.30. The molecule has 1 aliphatic heterocycles. The van der Waals surface area contributed by atoms with Gasteiger partial charge in [0, 0.05) is 36.3 Å². The minimum Gasteiger partial charge on any atom is -0.440 e. The highest BCUT2D eigenvalue weighted by molar-refractivity contribution is 5.84. The third kappa shape index (κ3) is 3.73. The number of hydrogen-bond acceptors (Lipinski definition) is 4. The first kappa shape index (κ1) is 22.5. The predicted octanol–water partition coefficient (Wildman–Crippen LogP) is 5.96. The van der Waals surface area contributed by atoms with Crippen LogP contribution in [0, 0.1) is 19.3 Å². The van der Waals surface area contributed by atoms with Crippen molar-refractivity contribution in [1.82, 2.24) is 4.57 Å². The van der Waals surface area contributed by atoms with Crippen LogP contribution in [0.15, 0.2) is 62.7 Å². The smallest absolute Gasteiger partial charge is 0.202 e. The molecule has 1 aliphatic rings. The standard InChI is InChI=1S/C29H32N2O3/c1-18-16-22(20(3)31-13-10-25(32)21-8-6-7-9-24(21)31)27-23(17-18)26(33)19(2)28(34-27)30-14-11-29(4,5)12-15-30/h6-10,13,16-17,20H,11-12,14-15H2,1-5H3/t20-/m0/s1. The molecule has 0 radical (unpaired) electrons. The summed E-state index contributed by atoms with van der Waals surface area (Å²) in [5.74, 6) is 0.690. The third-order valence-electron chi connectivity index (χ3n) is 7.47. The van der Waals surface area contributed by atoms with Crippen molar-refractivity contribution in [3.8, 4) is 0 Å². The van der Waals surface area contributed by atoms with Crippen molar-refractivity contribution in [2.75, 3.05) is 18.0 Å². The van der Waals surface area contributed by atoms with Crippen LogP contribution in [0.3, 0.4) is 0 Å². The topological polar surface area (TPSA) is 55.5 Å². The molecule has 5 nitrogen and oxygen atoms in total. The number of pyridine rings is 1. The summed E-state index contributed by atoms with van der Waals surface area (Å²) < 4.78 is 8.69. The molecule has 1 atom stereocenters. The van der Waals surface area contributed by atoms with Crippen LogP contribution >= 0.6 is 0 Å². The van der Waals surface area contributed by atoms with Crippen molar-refractivity contribution in [1.29, 1.82) is 0 Å². The second-order valence-corrected chi connectivity index (χ2v) is 10.5. The van der Waals surface area contributed by atoms with Gasteiger partial charge in [-0.05, 0) is 62.8 Å². The van der Waals surface area contributed by atoms with Crippen LogP contribution in [-0.2, 0) is 0 Å². The van der Waals surface area contributed by atoms with Gasteiger partial charge in [0.05, 0.1) is 22.5 Å². The first-order valence-corrected chi connectivity index (χ1v) is 12.1. The second kappa shape index (κ2) is 8.15. The van der Waals surface area contributed by atoms with Crippen molar-refractivity contribution >= 4 is 27.8 Å². The zero-order valence-corrected chi connectivity index (χ0v) is 20.6. The number of benzene rings is 2. The fraction of sp³-hybridized carbons (Fsp3) is 0.379.